The number of carbonyl (C=O) groups is 2. The summed E-state index contributed by atoms with van der Waals surface area (Å²) in [5.41, 5.74) is -0.463. The first kappa shape index (κ1) is 17.4. The van der Waals surface area contributed by atoms with Gasteiger partial charge in [-0.3, -0.25) is 4.79 Å². The Balaban J connectivity index is 2.02. The molecule has 0 amide bonds. The van der Waals surface area contributed by atoms with E-state index in [1.807, 2.05) is 0 Å². The van der Waals surface area contributed by atoms with Crippen molar-refractivity contribution >= 4 is 17.5 Å². The number of benzene rings is 2. The van der Waals surface area contributed by atoms with E-state index in [9.17, 15) is 24.9 Å². The molecule has 6 heteroatoms. The molecule has 6 nitrogen and oxygen atoms in total. The summed E-state index contributed by atoms with van der Waals surface area (Å²) in [4.78, 5) is 22.9. The molecule has 0 saturated heterocycles. The van der Waals surface area contributed by atoms with Gasteiger partial charge in [-0.1, -0.05) is 48.6 Å². The van der Waals surface area contributed by atoms with Gasteiger partial charge in [0.05, 0.1) is 6.10 Å². The van der Waals surface area contributed by atoms with Crippen LogP contribution in [-0.2, 0) is 10.2 Å². The molecule has 26 heavy (non-hydrogen) atoms. The molecule has 0 fully saturated rings. The number of phenols is 1. The van der Waals surface area contributed by atoms with Crippen molar-refractivity contribution in [2.45, 2.75) is 11.5 Å². The molecule has 0 bridgehead atoms. The van der Waals surface area contributed by atoms with E-state index in [4.69, 9.17) is 5.11 Å². The summed E-state index contributed by atoms with van der Waals surface area (Å²) < 4.78 is 0. The first-order valence-electron chi connectivity index (χ1n) is 7.81. The van der Waals surface area contributed by atoms with Gasteiger partial charge in [0, 0.05) is 0 Å². The number of carboxylic acid groups (broad SMARTS) is 2. The van der Waals surface area contributed by atoms with E-state index in [0.717, 1.165) is 0 Å². The van der Waals surface area contributed by atoms with E-state index in [-0.39, 0.29) is 5.56 Å². The number of aliphatic hydroxyl groups excluding tert-OH is 1. The lowest BCUT2D eigenvalue weighted by Crippen LogP contribution is -2.45. The first-order valence-corrected chi connectivity index (χ1v) is 7.81. The van der Waals surface area contributed by atoms with Crippen LogP contribution < -0.4 is 0 Å². The summed E-state index contributed by atoms with van der Waals surface area (Å²) in [5, 5.41) is 39.2. The second kappa shape index (κ2) is 6.50. The zero-order valence-corrected chi connectivity index (χ0v) is 13.5. The summed E-state index contributed by atoms with van der Waals surface area (Å²) >= 11 is 0. The quantitative estimate of drug-likeness (QED) is 0.672. The van der Waals surface area contributed by atoms with E-state index in [1.54, 1.807) is 36.4 Å². The van der Waals surface area contributed by atoms with Crippen LogP contribution in [0.2, 0.25) is 0 Å². The van der Waals surface area contributed by atoms with Gasteiger partial charge in [0.2, 0.25) is 0 Å². The molecule has 0 spiro atoms. The summed E-state index contributed by atoms with van der Waals surface area (Å²) in [5.74, 6) is -2.85. The van der Waals surface area contributed by atoms with E-state index in [2.05, 4.69) is 0 Å². The summed E-state index contributed by atoms with van der Waals surface area (Å²) in [6.45, 7) is 0. The maximum absolute atomic E-state index is 12.0. The fourth-order valence-corrected chi connectivity index (χ4v) is 3.06. The minimum Gasteiger partial charge on any atom is -0.507 e. The maximum Gasteiger partial charge on any atom is 0.339 e. The number of carboxylic acids is 2. The van der Waals surface area contributed by atoms with Gasteiger partial charge in [-0.05, 0) is 34.9 Å². The Kier molecular flexibility index (Phi) is 4.36. The van der Waals surface area contributed by atoms with Gasteiger partial charge in [-0.15, -0.1) is 0 Å². The largest absolute Gasteiger partial charge is 0.507 e. The van der Waals surface area contributed by atoms with Gasteiger partial charge in [-0.2, -0.15) is 0 Å². The second-order valence-electron chi connectivity index (χ2n) is 5.98. The van der Waals surface area contributed by atoms with Crippen LogP contribution in [0.5, 0.6) is 5.75 Å². The Bertz CT molecular complexity index is 929. The fraction of sp³-hybridized carbons (Fsp3) is 0.100. The molecule has 2 atom stereocenters. The van der Waals surface area contributed by atoms with Crippen molar-refractivity contribution in [1.82, 2.24) is 0 Å². The van der Waals surface area contributed by atoms with Crippen LogP contribution in [0.1, 0.15) is 21.5 Å². The topological polar surface area (TPSA) is 115 Å². The molecule has 0 heterocycles. The number of aromatic carboxylic acids is 1. The fourth-order valence-electron chi connectivity index (χ4n) is 3.06. The molecule has 1 aliphatic rings. The van der Waals surface area contributed by atoms with E-state index >= 15 is 0 Å². The minimum absolute atomic E-state index is 0.237. The number of allylic oxidation sites excluding steroid dienone is 2. The zero-order chi connectivity index (χ0) is 18.9. The average Bonchev–Trinajstić information content (AvgIpc) is 2.61. The highest BCUT2D eigenvalue weighted by Gasteiger charge is 2.45. The molecule has 2 unspecified atom stereocenters. The van der Waals surface area contributed by atoms with Crippen LogP contribution in [0.25, 0.3) is 5.57 Å². The Morgan fingerprint density at radius 2 is 1.69 bits per heavy atom. The molecule has 3 rings (SSSR count). The number of aliphatic hydroxyl groups is 1. The standard InChI is InChI=1S/C20H16O6/c21-16-10-12(6-7-15(16)18(23)24)13-8-9-20(19(25)26,17(22)11-13)14-4-2-1-3-5-14/h1-11,17,21-22H,(H,23,24)(H,25,26). The third-order valence-electron chi connectivity index (χ3n) is 4.50. The van der Waals surface area contributed by atoms with Crippen LogP contribution in [-0.4, -0.2) is 38.5 Å². The smallest absolute Gasteiger partial charge is 0.339 e. The molecule has 0 aromatic heterocycles. The summed E-state index contributed by atoms with van der Waals surface area (Å²) in [6.07, 6.45) is 3.00. The van der Waals surface area contributed by atoms with Gasteiger partial charge in [0.1, 0.15) is 16.7 Å². The SMILES string of the molecule is O=C(O)c1ccc(C2=CC(O)C(C(=O)O)(c3ccccc3)C=C2)cc1O. The van der Waals surface area contributed by atoms with E-state index in [1.165, 1.54) is 30.4 Å². The van der Waals surface area contributed by atoms with Crippen LogP contribution in [0, 0.1) is 0 Å². The molecule has 0 saturated carbocycles. The van der Waals surface area contributed by atoms with Crippen molar-refractivity contribution in [3.63, 3.8) is 0 Å². The summed E-state index contributed by atoms with van der Waals surface area (Å²) in [6, 6.07) is 12.4. The summed E-state index contributed by atoms with van der Waals surface area (Å²) in [7, 11) is 0. The lowest BCUT2D eigenvalue weighted by Gasteiger charge is -2.33. The van der Waals surface area contributed by atoms with E-state index in [0.29, 0.717) is 16.7 Å². The predicted octanol–water partition coefficient (Wildman–Crippen LogP) is 2.43. The number of aromatic hydroxyl groups is 1. The van der Waals surface area contributed by atoms with Crippen molar-refractivity contribution in [3.05, 3.63) is 83.4 Å². The molecular formula is C20H16O6. The van der Waals surface area contributed by atoms with Crippen LogP contribution >= 0.6 is 0 Å². The Morgan fingerprint density at radius 1 is 1.00 bits per heavy atom. The number of rotatable bonds is 4. The van der Waals surface area contributed by atoms with Crippen LogP contribution in [0.4, 0.5) is 0 Å². The highest BCUT2D eigenvalue weighted by Crippen LogP contribution is 2.37. The molecule has 2 aromatic rings. The highest BCUT2D eigenvalue weighted by molar-refractivity contribution is 5.93. The number of hydrogen-bond acceptors (Lipinski definition) is 4. The van der Waals surface area contributed by atoms with Crippen molar-refractivity contribution in [1.29, 1.82) is 0 Å². The van der Waals surface area contributed by atoms with Gasteiger partial charge in [-0.25, -0.2) is 4.79 Å². The lowest BCUT2D eigenvalue weighted by atomic mass is 9.71. The van der Waals surface area contributed by atoms with Gasteiger partial charge >= 0.3 is 11.9 Å². The zero-order valence-electron chi connectivity index (χ0n) is 13.5. The van der Waals surface area contributed by atoms with Gasteiger partial charge in [0.25, 0.3) is 0 Å². The molecule has 0 aliphatic heterocycles. The monoisotopic (exact) mass is 352 g/mol. The molecule has 2 aromatic carbocycles. The second-order valence-corrected chi connectivity index (χ2v) is 5.98. The Hall–Kier alpha value is -3.38. The maximum atomic E-state index is 12.0. The third-order valence-corrected chi connectivity index (χ3v) is 4.50. The van der Waals surface area contributed by atoms with Crippen molar-refractivity contribution in [2.24, 2.45) is 0 Å². The van der Waals surface area contributed by atoms with Crippen molar-refractivity contribution < 1.29 is 30.0 Å². The van der Waals surface area contributed by atoms with Gasteiger partial charge in [0.15, 0.2) is 0 Å². The van der Waals surface area contributed by atoms with E-state index < -0.39 is 29.2 Å². The van der Waals surface area contributed by atoms with Crippen LogP contribution in [0.15, 0.2) is 66.8 Å². The highest BCUT2D eigenvalue weighted by atomic mass is 16.4. The lowest BCUT2D eigenvalue weighted by molar-refractivity contribution is -0.144. The molecular weight excluding hydrogens is 336 g/mol. The van der Waals surface area contributed by atoms with Gasteiger partial charge < -0.3 is 20.4 Å². The van der Waals surface area contributed by atoms with Crippen LogP contribution in [0.3, 0.4) is 0 Å². The third kappa shape index (κ3) is 2.76. The van der Waals surface area contributed by atoms with Crippen molar-refractivity contribution in [2.75, 3.05) is 0 Å². The predicted molar refractivity (Wildman–Crippen MR) is 93.9 cm³/mol. The number of hydrogen-bond donors (Lipinski definition) is 4. The Labute approximate surface area is 149 Å². The average molecular weight is 352 g/mol. The molecule has 0 radical (unpaired) electrons. The van der Waals surface area contributed by atoms with Crippen molar-refractivity contribution in [3.8, 4) is 5.75 Å². The normalized spacial score (nSPS) is 21.9. The molecule has 4 N–H and O–H groups in total. The first-order chi connectivity index (χ1) is 12.4. The molecule has 132 valence electrons. The minimum atomic E-state index is -1.62. The number of aliphatic carboxylic acids is 1. The molecule has 1 aliphatic carbocycles. The Morgan fingerprint density at radius 3 is 2.23 bits per heavy atom.